The first-order valence-corrected chi connectivity index (χ1v) is 10.8. The smallest absolute Gasteiger partial charge is 0.211 e. The molecule has 2 heterocycles. The van der Waals surface area contributed by atoms with Crippen molar-refractivity contribution < 1.29 is 17.9 Å². The number of sulfonamides is 1. The molecule has 1 aliphatic rings. The standard InChI is InChI=1S/C19H27N3O4S/c1-4-27(23,24)21-18-9-10-25-12-16(18)13-26-17-7-5-15(6-8-17)19-11-14(2)20-22(19)3/h5-8,11,16,18,21H,4,9-10,12-13H2,1-3H3. The summed E-state index contributed by atoms with van der Waals surface area (Å²) in [5, 5.41) is 4.37. The molecule has 2 unspecified atom stereocenters. The Bertz CT molecular complexity index is 862. The van der Waals surface area contributed by atoms with Crippen molar-refractivity contribution in [1.29, 1.82) is 0 Å². The molecule has 7 nitrogen and oxygen atoms in total. The van der Waals surface area contributed by atoms with Crippen LogP contribution in [0.15, 0.2) is 30.3 Å². The van der Waals surface area contributed by atoms with Crippen molar-refractivity contribution in [3.63, 3.8) is 0 Å². The minimum absolute atomic E-state index is 0.0144. The van der Waals surface area contributed by atoms with E-state index in [9.17, 15) is 8.42 Å². The number of benzene rings is 1. The summed E-state index contributed by atoms with van der Waals surface area (Å²) in [5.74, 6) is 0.812. The molecule has 0 radical (unpaired) electrons. The SMILES string of the molecule is CCS(=O)(=O)NC1CCOCC1COc1ccc(-c2cc(C)nn2C)cc1. The van der Waals surface area contributed by atoms with Crippen molar-refractivity contribution in [2.45, 2.75) is 26.3 Å². The number of aromatic nitrogens is 2. The van der Waals surface area contributed by atoms with Crippen LogP contribution in [-0.4, -0.2) is 49.8 Å². The molecule has 0 aliphatic carbocycles. The fourth-order valence-corrected chi connectivity index (χ4v) is 4.17. The third-order valence-electron chi connectivity index (χ3n) is 4.80. The Morgan fingerprint density at radius 3 is 2.70 bits per heavy atom. The minimum Gasteiger partial charge on any atom is -0.493 e. The highest BCUT2D eigenvalue weighted by Crippen LogP contribution is 2.24. The van der Waals surface area contributed by atoms with Crippen molar-refractivity contribution in [2.75, 3.05) is 25.6 Å². The number of nitrogens with zero attached hydrogens (tertiary/aromatic N) is 2. The van der Waals surface area contributed by atoms with Gasteiger partial charge in [0, 0.05) is 31.2 Å². The van der Waals surface area contributed by atoms with Crippen molar-refractivity contribution in [3.05, 3.63) is 36.0 Å². The normalized spacial score (nSPS) is 20.6. The summed E-state index contributed by atoms with van der Waals surface area (Å²) >= 11 is 0. The maximum atomic E-state index is 11.9. The van der Waals surface area contributed by atoms with E-state index in [4.69, 9.17) is 9.47 Å². The zero-order valence-corrected chi connectivity index (χ0v) is 16.8. The molecule has 1 N–H and O–H groups in total. The molecule has 8 heteroatoms. The van der Waals surface area contributed by atoms with Gasteiger partial charge in [0.15, 0.2) is 0 Å². The molecule has 0 spiro atoms. The number of nitrogens with one attached hydrogen (secondary N) is 1. The maximum absolute atomic E-state index is 11.9. The molecule has 2 aromatic rings. The van der Waals surface area contributed by atoms with Gasteiger partial charge >= 0.3 is 0 Å². The minimum atomic E-state index is -3.24. The van der Waals surface area contributed by atoms with E-state index in [2.05, 4.69) is 9.82 Å². The van der Waals surface area contributed by atoms with Crippen molar-refractivity contribution in [1.82, 2.24) is 14.5 Å². The zero-order valence-electron chi connectivity index (χ0n) is 16.0. The van der Waals surface area contributed by atoms with Crippen LogP contribution in [0.4, 0.5) is 0 Å². The second-order valence-corrected chi connectivity index (χ2v) is 8.92. The largest absolute Gasteiger partial charge is 0.493 e. The Morgan fingerprint density at radius 1 is 1.33 bits per heavy atom. The maximum Gasteiger partial charge on any atom is 0.211 e. The highest BCUT2D eigenvalue weighted by atomic mass is 32.2. The van der Waals surface area contributed by atoms with E-state index in [0.717, 1.165) is 22.7 Å². The van der Waals surface area contributed by atoms with E-state index in [1.165, 1.54) is 0 Å². The topological polar surface area (TPSA) is 82.5 Å². The zero-order chi connectivity index (χ0) is 19.4. The number of rotatable bonds is 7. The van der Waals surface area contributed by atoms with Gasteiger partial charge in [-0.15, -0.1) is 0 Å². The van der Waals surface area contributed by atoms with Crippen molar-refractivity contribution >= 4 is 10.0 Å². The molecule has 3 rings (SSSR count). The molecule has 2 atom stereocenters. The quantitative estimate of drug-likeness (QED) is 0.779. The van der Waals surface area contributed by atoms with Crippen LogP contribution in [0.1, 0.15) is 19.0 Å². The molecule has 1 aromatic heterocycles. The van der Waals surface area contributed by atoms with Gasteiger partial charge in [0.2, 0.25) is 10.0 Å². The van der Waals surface area contributed by atoms with Gasteiger partial charge in [-0.3, -0.25) is 4.68 Å². The number of hydrogen-bond donors (Lipinski definition) is 1. The second kappa shape index (κ2) is 8.41. The Morgan fingerprint density at radius 2 is 2.07 bits per heavy atom. The number of aryl methyl sites for hydroxylation is 2. The Kier molecular flexibility index (Phi) is 6.18. The summed E-state index contributed by atoms with van der Waals surface area (Å²) in [4.78, 5) is 0. The molecule has 27 heavy (non-hydrogen) atoms. The first-order valence-electron chi connectivity index (χ1n) is 9.19. The Labute approximate surface area is 160 Å². The molecule has 0 amide bonds. The Hall–Kier alpha value is -1.90. The van der Waals surface area contributed by atoms with Crippen LogP contribution >= 0.6 is 0 Å². The van der Waals surface area contributed by atoms with Crippen molar-refractivity contribution in [2.24, 2.45) is 13.0 Å². The third-order valence-corrected chi connectivity index (χ3v) is 6.22. The first kappa shape index (κ1) is 19.9. The predicted molar refractivity (Wildman–Crippen MR) is 104 cm³/mol. The number of hydrogen-bond acceptors (Lipinski definition) is 5. The van der Waals surface area contributed by atoms with E-state index in [-0.39, 0.29) is 17.7 Å². The second-order valence-electron chi connectivity index (χ2n) is 6.88. The van der Waals surface area contributed by atoms with Gasteiger partial charge < -0.3 is 9.47 Å². The van der Waals surface area contributed by atoms with Crippen molar-refractivity contribution in [3.8, 4) is 17.0 Å². The molecule has 148 valence electrons. The predicted octanol–water partition coefficient (Wildman–Crippen LogP) is 2.12. The summed E-state index contributed by atoms with van der Waals surface area (Å²) < 4.78 is 39.8. The van der Waals surface area contributed by atoms with Crippen LogP contribution in [0.2, 0.25) is 0 Å². The van der Waals surface area contributed by atoms with Gasteiger partial charge in [0.05, 0.1) is 30.4 Å². The highest BCUT2D eigenvalue weighted by molar-refractivity contribution is 7.89. The summed E-state index contributed by atoms with van der Waals surface area (Å²) in [5.41, 5.74) is 3.10. The molecule has 1 aromatic carbocycles. The van der Waals surface area contributed by atoms with Gasteiger partial charge in [-0.1, -0.05) is 0 Å². The third kappa shape index (κ3) is 5.09. The fraction of sp³-hybridized carbons (Fsp3) is 0.526. The van der Waals surface area contributed by atoms with Crippen LogP contribution in [0.3, 0.4) is 0 Å². The molecule has 0 bridgehead atoms. The monoisotopic (exact) mass is 393 g/mol. The van der Waals surface area contributed by atoms with Crippen LogP contribution in [0, 0.1) is 12.8 Å². The Balaban J connectivity index is 1.62. The molecule has 1 saturated heterocycles. The molecule has 1 fully saturated rings. The average Bonchev–Trinajstić information content (AvgIpc) is 2.99. The van der Waals surface area contributed by atoms with Gasteiger partial charge in [0.1, 0.15) is 5.75 Å². The van der Waals surface area contributed by atoms with Gasteiger partial charge in [-0.2, -0.15) is 5.10 Å². The van der Waals surface area contributed by atoms with Gasteiger partial charge in [-0.25, -0.2) is 13.1 Å². The molecular weight excluding hydrogens is 366 g/mol. The van der Waals surface area contributed by atoms with E-state index in [1.807, 2.05) is 49.0 Å². The van der Waals surface area contributed by atoms with Crippen LogP contribution in [0.5, 0.6) is 5.75 Å². The van der Waals surface area contributed by atoms with E-state index in [0.29, 0.717) is 26.2 Å². The molecule has 0 saturated carbocycles. The van der Waals surface area contributed by atoms with Crippen LogP contribution in [-0.2, 0) is 21.8 Å². The molecule has 1 aliphatic heterocycles. The van der Waals surface area contributed by atoms with Gasteiger partial charge in [0.25, 0.3) is 0 Å². The van der Waals surface area contributed by atoms with Crippen LogP contribution < -0.4 is 9.46 Å². The average molecular weight is 394 g/mol. The fourth-order valence-electron chi connectivity index (χ4n) is 3.24. The number of ether oxygens (including phenoxy) is 2. The lowest BCUT2D eigenvalue weighted by atomic mass is 9.98. The summed E-state index contributed by atoms with van der Waals surface area (Å²) in [7, 11) is -1.32. The lowest BCUT2D eigenvalue weighted by Gasteiger charge is -2.31. The summed E-state index contributed by atoms with van der Waals surface area (Å²) in [6.07, 6.45) is 0.659. The summed E-state index contributed by atoms with van der Waals surface area (Å²) in [6, 6.07) is 9.74. The lowest BCUT2D eigenvalue weighted by Crippen LogP contribution is -2.47. The summed E-state index contributed by atoms with van der Waals surface area (Å²) in [6.45, 7) is 5.06. The van der Waals surface area contributed by atoms with Gasteiger partial charge in [-0.05, 0) is 50.6 Å². The van der Waals surface area contributed by atoms with E-state index < -0.39 is 10.0 Å². The highest BCUT2D eigenvalue weighted by Gasteiger charge is 2.29. The molecular formula is C19H27N3O4S. The first-order chi connectivity index (χ1) is 12.9. The van der Waals surface area contributed by atoms with E-state index >= 15 is 0 Å². The lowest BCUT2D eigenvalue weighted by molar-refractivity contribution is 0.0186. The van der Waals surface area contributed by atoms with Crippen LogP contribution in [0.25, 0.3) is 11.3 Å². The van der Waals surface area contributed by atoms with E-state index in [1.54, 1.807) is 6.92 Å².